The van der Waals surface area contributed by atoms with Crippen LogP contribution in [0.4, 0.5) is 11.4 Å². The van der Waals surface area contributed by atoms with Crippen LogP contribution in [0.5, 0.6) is 0 Å². The van der Waals surface area contributed by atoms with E-state index in [0.717, 1.165) is 25.2 Å². The number of nitrogens with two attached hydrogens (primary N) is 1. The first-order valence-corrected chi connectivity index (χ1v) is 6.94. The molecule has 2 rings (SSSR count). The largest absolute Gasteiger partial charge is 0.397 e. The smallest absolute Gasteiger partial charge is 0.253 e. The van der Waals surface area contributed by atoms with Crippen LogP contribution in [0.25, 0.3) is 0 Å². The van der Waals surface area contributed by atoms with Crippen molar-refractivity contribution < 1.29 is 9.90 Å². The molecule has 1 fully saturated rings. The Morgan fingerprint density at radius 2 is 2.15 bits per heavy atom. The lowest BCUT2D eigenvalue weighted by atomic mass is 9.96. The van der Waals surface area contributed by atoms with Gasteiger partial charge in [-0.2, -0.15) is 0 Å². The molecule has 2 unspecified atom stereocenters. The van der Waals surface area contributed by atoms with Gasteiger partial charge in [-0.3, -0.25) is 4.79 Å². The highest BCUT2D eigenvalue weighted by Gasteiger charge is 2.25. The minimum Gasteiger partial charge on any atom is -0.397 e. The van der Waals surface area contributed by atoms with Gasteiger partial charge in [-0.15, -0.1) is 0 Å². The molecule has 20 heavy (non-hydrogen) atoms. The molecule has 0 bridgehead atoms. The maximum Gasteiger partial charge on any atom is 0.253 e. The summed E-state index contributed by atoms with van der Waals surface area (Å²) in [4.78, 5) is 15.7. The van der Waals surface area contributed by atoms with Gasteiger partial charge in [0.2, 0.25) is 0 Å². The number of hydrogen-bond acceptors (Lipinski definition) is 4. The van der Waals surface area contributed by atoms with Gasteiger partial charge in [0.15, 0.2) is 0 Å². The van der Waals surface area contributed by atoms with Crippen molar-refractivity contribution in [2.24, 2.45) is 5.92 Å². The Balaban J connectivity index is 2.27. The highest BCUT2D eigenvalue weighted by atomic mass is 16.3. The molecule has 1 saturated heterocycles. The van der Waals surface area contributed by atoms with Crippen molar-refractivity contribution in [2.45, 2.75) is 19.4 Å². The third-order valence-electron chi connectivity index (χ3n) is 3.88. The molecule has 0 aromatic heterocycles. The molecule has 0 spiro atoms. The van der Waals surface area contributed by atoms with Crippen LogP contribution in [-0.4, -0.2) is 49.2 Å². The number of hydrogen-bond donors (Lipinski definition) is 2. The van der Waals surface area contributed by atoms with E-state index < -0.39 is 0 Å². The minimum atomic E-state index is -0.251. The molecule has 1 heterocycles. The number of piperidine rings is 1. The third-order valence-corrected chi connectivity index (χ3v) is 3.88. The topological polar surface area (TPSA) is 69.8 Å². The fraction of sp³-hybridized carbons (Fsp3) is 0.533. The van der Waals surface area contributed by atoms with Crippen LogP contribution in [0.15, 0.2) is 18.2 Å². The van der Waals surface area contributed by atoms with Crippen molar-refractivity contribution >= 4 is 17.3 Å². The standard InChI is InChI=1S/C15H23N3O2/c1-10-9-18(7-6-14(10)19)13-8-11(4-5-12(13)16)15(20)17(2)3/h4-5,8,10,14,19H,6-7,9,16H2,1-3H3. The van der Waals surface area contributed by atoms with Gasteiger partial charge >= 0.3 is 0 Å². The first-order chi connectivity index (χ1) is 9.40. The lowest BCUT2D eigenvalue weighted by molar-refractivity contribution is 0.0827. The number of benzene rings is 1. The Bertz CT molecular complexity index is 502. The summed E-state index contributed by atoms with van der Waals surface area (Å²) in [5, 5.41) is 9.81. The molecule has 110 valence electrons. The van der Waals surface area contributed by atoms with E-state index >= 15 is 0 Å². The maximum absolute atomic E-state index is 12.0. The molecule has 3 N–H and O–H groups in total. The van der Waals surface area contributed by atoms with Crippen LogP contribution in [0.2, 0.25) is 0 Å². The zero-order valence-electron chi connectivity index (χ0n) is 12.3. The average molecular weight is 277 g/mol. The van der Waals surface area contributed by atoms with Gasteiger partial charge in [-0.25, -0.2) is 0 Å². The normalized spacial score (nSPS) is 22.7. The van der Waals surface area contributed by atoms with Gasteiger partial charge in [0.05, 0.1) is 17.5 Å². The minimum absolute atomic E-state index is 0.0312. The predicted octanol–water partition coefficient (Wildman–Crippen LogP) is 1.18. The van der Waals surface area contributed by atoms with E-state index in [9.17, 15) is 9.90 Å². The summed E-state index contributed by atoms with van der Waals surface area (Å²) >= 11 is 0. The monoisotopic (exact) mass is 277 g/mol. The van der Waals surface area contributed by atoms with Crippen LogP contribution in [0, 0.1) is 5.92 Å². The van der Waals surface area contributed by atoms with Crippen molar-refractivity contribution in [3.05, 3.63) is 23.8 Å². The molecule has 1 aromatic rings. The number of nitrogens with zero attached hydrogens (tertiary/aromatic N) is 2. The van der Waals surface area contributed by atoms with Gasteiger partial charge in [-0.1, -0.05) is 6.92 Å². The second-order valence-electron chi connectivity index (χ2n) is 5.75. The Morgan fingerprint density at radius 3 is 2.75 bits per heavy atom. The Morgan fingerprint density at radius 1 is 1.45 bits per heavy atom. The van der Waals surface area contributed by atoms with Crippen molar-refractivity contribution in [2.75, 3.05) is 37.8 Å². The van der Waals surface area contributed by atoms with E-state index in [1.807, 2.05) is 13.0 Å². The molecule has 5 heteroatoms. The summed E-state index contributed by atoms with van der Waals surface area (Å²) in [7, 11) is 3.47. The van der Waals surface area contributed by atoms with E-state index in [1.54, 1.807) is 31.1 Å². The maximum atomic E-state index is 12.0. The van der Waals surface area contributed by atoms with Crippen molar-refractivity contribution in [1.82, 2.24) is 4.90 Å². The SMILES string of the molecule is CC1CN(c2cc(C(=O)N(C)C)ccc2N)CCC1O. The zero-order valence-corrected chi connectivity index (χ0v) is 12.3. The summed E-state index contributed by atoms with van der Waals surface area (Å²) in [5.74, 6) is 0.174. The van der Waals surface area contributed by atoms with Gasteiger partial charge < -0.3 is 20.6 Å². The number of amides is 1. The molecule has 1 aliphatic heterocycles. The van der Waals surface area contributed by atoms with Crippen LogP contribution in [0.1, 0.15) is 23.7 Å². The summed E-state index contributed by atoms with van der Waals surface area (Å²) in [6.07, 6.45) is 0.478. The van der Waals surface area contributed by atoms with Crippen molar-refractivity contribution in [3.8, 4) is 0 Å². The number of rotatable bonds is 2. The lowest BCUT2D eigenvalue weighted by Crippen LogP contribution is -2.42. The van der Waals surface area contributed by atoms with E-state index in [1.165, 1.54) is 0 Å². The molecule has 5 nitrogen and oxygen atoms in total. The number of carbonyl (C=O) groups excluding carboxylic acids is 1. The second kappa shape index (κ2) is 5.71. The highest BCUT2D eigenvalue weighted by molar-refractivity contribution is 5.96. The van der Waals surface area contributed by atoms with Gasteiger partial charge in [0.25, 0.3) is 5.91 Å². The molecule has 2 atom stereocenters. The molecule has 1 aromatic carbocycles. The van der Waals surface area contributed by atoms with E-state index in [2.05, 4.69) is 4.90 Å². The van der Waals surface area contributed by atoms with Crippen LogP contribution < -0.4 is 10.6 Å². The predicted molar refractivity (Wildman–Crippen MR) is 80.9 cm³/mol. The molecule has 0 aliphatic carbocycles. The fourth-order valence-electron chi connectivity index (χ4n) is 2.56. The molecule has 0 saturated carbocycles. The number of aliphatic hydroxyl groups is 1. The van der Waals surface area contributed by atoms with Crippen LogP contribution in [0.3, 0.4) is 0 Å². The van der Waals surface area contributed by atoms with Crippen molar-refractivity contribution in [1.29, 1.82) is 0 Å². The first-order valence-electron chi connectivity index (χ1n) is 6.94. The quantitative estimate of drug-likeness (QED) is 0.796. The summed E-state index contributed by atoms with van der Waals surface area (Å²) in [6.45, 7) is 3.54. The summed E-state index contributed by atoms with van der Waals surface area (Å²) in [5.41, 5.74) is 8.24. The number of anilines is 2. The lowest BCUT2D eigenvalue weighted by Gasteiger charge is -2.36. The van der Waals surface area contributed by atoms with Crippen LogP contribution in [-0.2, 0) is 0 Å². The van der Waals surface area contributed by atoms with Gasteiger partial charge in [-0.05, 0) is 30.5 Å². The number of aliphatic hydroxyl groups excluding tert-OH is 1. The Kier molecular flexibility index (Phi) is 4.18. The van der Waals surface area contributed by atoms with E-state index in [0.29, 0.717) is 11.3 Å². The second-order valence-corrected chi connectivity index (χ2v) is 5.75. The molecule has 0 radical (unpaired) electrons. The average Bonchev–Trinajstić information content (AvgIpc) is 2.41. The van der Waals surface area contributed by atoms with Crippen molar-refractivity contribution in [3.63, 3.8) is 0 Å². The first kappa shape index (κ1) is 14.7. The molecule has 1 amide bonds. The Hall–Kier alpha value is -1.75. The molecule has 1 aliphatic rings. The summed E-state index contributed by atoms with van der Waals surface area (Å²) < 4.78 is 0. The zero-order chi connectivity index (χ0) is 14.9. The summed E-state index contributed by atoms with van der Waals surface area (Å²) in [6, 6.07) is 5.38. The number of carbonyl (C=O) groups is 1. The third kappa shape index (κ3) is 2.88. The van der Waals surface area contributed by atoms with E-state index in [4.69, 9.17) is 5.73 Å². The molecular formula is C15H23N3O2. The molecular weight excluding hydrogens is 254 g/mol. The van der Waals surface area contributed by atoms with Gasteiger partial charge in [0, 0.05) is 32.7 Å². The number of nitrogen functional groups attached to an aromatic ring is 1. The Labute approximate surface area is 120 Å². The van der Waals surface area contributed by atoms with E-state index in [-0.39, 0.29) is 17.9 Å². The van der Waals surface area contributed by atoms with Gasteiger partial charge in [0.1, 0.15) is 0 Å². The fourth-order valence-corrected chi connectivity index (χ4v) is 2.56. The highest BCUT2D eigenvalue weighted by Crippen LogP contribution is 2.29. The van der Waals surface area contributed by atoms with Crippen LogP contribution >= 0.6 is 0 Å².